The Balaban J connectivity index is 1.20. The zero-order valence-electron chi connectivity index (χ0n) is 29.6. The monoisotopic (exact) mass is 701 g/mol. The summed E-state index contributed by atoms with van der Waals surface area (Å²) in [7, 11) is 0. The molecule has 4 heteroatoms. The average molecular weight is 702 g/mol. The van der Waals surface area contributed by atoms with Crippen molar-refractivity contribution in [2.24, 2.45) is 0 Å². The molecule has 7 aromatic carbocycles. The van der Waals surface area contributed by atoms with Crippen LogP contribution in [0.4, 0.5) is 0 Å². The van der Waals surface area contributed by atoms with Gasteiger partial charge in [-0.05, 0) is 98.4 Å². The van der Waals surface area contributed by atoms with Gasteiger partial charge in [-0.15, -0.1) is 0 Å². The molecule has 0 radical (unpaired) electrons. The van der Waals surface area contributed by atoms with Crippen LogP contribution in [0.5, 0.6) is 11.5 Å². The summed E-state index contributed by atoms with van der Waals surface area (Å²) < 4.78 is 9.16. The molecule has 1 spiro atoms. The van der Waals surface area contributed by atoms with Gasteiger partial charge in [0.2, 0.25) is 0 Å². The minimum Gasteiger partial charge on any atom is -0.456 e. The summed E-state index contributed by atoms with van der Waals surface area (Å²) in [5.41, 5.74) is 13.2. The van der Waals surface area contributed by atoms with Crippen LogP contribution in [-0.4, -0.2) is 14.5 Å². The summed E-state index contributed by atoms with van der Waals surface area (Å²) in [6.07, 6.45) is 3.69. The standard InChI is InChI=1S/C51H31N3O/c1-2-13-35-32(12-1)23-26-44-49(35)55-47-20-8-7-19-43(47)51(44)42-18-6-5-16-38(42)36-14-3-4-15-37(36)39-25-22-34(31-45(39)51)33-24-27-46-41(30-33)40-17-11-29-53-50(40)54(46)48-21-9-10-28-52-48/h1-31H. The van der Waals surface area contributed by atoms with Gasteiger partial charge in [-0.25, -0.2) is 9.97 Å². The Kier molecular flexibility index (Phi) is 6.23. The minimum absolute atomic E-state index is 0.696. The van der Waals surface area contributed by atoms with E-state index in [1.165, 1.54) is 33.4 Å². The largest absolute Gasteiger partial charge is 0.456 e. The molecule has 0 bridgehead atoms. The first-order valence-corrected chi connectivity index (χ1v) is 18.7. The molecule has 1 atom stereocenters. The predicted octanol–water partition coefficient (Wildman–Crippen LogP) is 12.5. The van der Waals surface area contributed by atoms with Crippen LogP contribution in [0.1, 0.15) is 22.3 Å². The highest BCUT2D eigenvalue weighted by molar-refractivity contribution is 6.09. The Morgan fingerprint density at radius 1 is 0.436 bits per heavy atom. The fourth-order valence-electron chi connectivity index (χ4n) is 9.50. The number of para-hydroxylation sites is 1. The van der Waals surface area contributed by atoms with Crippen molar-refractivity contribution in [1.29, 1.82) is 0 Å². The van der Waals surface area contributed by atoms with Crippen LogP contribution < -0.4 is 4.74 Å². The zero-order chi connectivity index (χ0) is 36.1. The Hall–Kier alpha value is -7.30. The maximum Gasteiger partial charge on any atom is 0.146 e. The van der Waals surface area contributed by atoms with Crippen molar-refractivity contribution < 1.29 is 4.74 Å². The Bertz CT molecular complexity index is 3200. The van der Waals surface area contributed by atoms with Crippen molar-refractivity contribution in [3.05, 3.63) is 211 Å². The number of hydrogen-bond donors (Lipinski definition) is 0. The van der Waals surface area contributed by atoms with E-state index in [1.54, 1.807) is 0 Å². The molecule has 4 nitrogen and oxygen atoms in total. The fraction of sp³-hybridized carbons (Fsp3) is 0.0196. The van der Waals surface area contributed by atoms with Crippen LogP contribution in [0.2, 0.25) is 0 Å². The molecule has 0 fully saturated rings. The van der Waals surface area contributed by atoms with Crippen LogP contribution >= 0.6 is 0 Å². The molecule has 4 heterocycles. The van der Waals surface area contributed by atoms with Crippen molar-refractivity contribution in [1.82, 2.24) is 14.5 Å². The second-order valence-corrected chi connectivity index (χ2v) is 14.5. The first kappa shape index (κ1) is 30.2. The number of pyridine rings is 2. The highest BCUT2D eigenvalue weighted by Crippen LogP contribution is 2.62. The Morgan fingerprint density at radius 2 is 1.13 bits per heavy atom. The van der Waals surface area contributed by atoms with Crippen LogP contribution in [0.25, 0.3) is 71.9 Å². The Morgan fingerprint density at radius 3 is 2.00 bits per heavy atom. The second kappa shape index (κ2) is 11.3. The number of fused-ring (bicyclic) bond motifs is 16. The molecule has 3 aromatic heterocycles. The highest BCUT2D eigenvalue weighted by atomic mass is 16.5. The van der Waals surface area contributed by atoms with Gasteiger partial charge in [0.15, 0.2) is 0 Å². The molecule has 0 saturated heterocycles. The van der Waals surface area contributed by atoms with E-state index in [1.807, 2.05) is 36.7 Å². The quantitative estimate of drug-likeness (QED) is 0.180. The number of aromatic nitrogens is 3. The van der Waals surface area contributed by atoms with Gasteiger partial charge in [-0.1, -0.05) is 127 Å². The van der Waals surface area contributed by atoms with E-state index in [0.29, 0.717) is 0 Å². The number of hydrogen-bond acceptors (Lipinski definition) is 3. The third kappa shape index (κ3) is 4.11. The molecular formula is C51H31N3O. The first-order valence-electron chi connectivity index (χ1n) is 18.7. The lowest BCUT2D eigenvalue weighted by molar-refractivity contribution is 0.440. The number of rotatable bonds is 2. The van der Waals surface area contributed by atoms with Crippen LogP contribution in [0.3, 0.4) is 0 Å². The molecule has 0 amide bonds. The molecule has 0 saturated carbocycles. The Labute approximate surface area is 317 Å². The van der Waals surface area contributed by atoms with E-state index in [9.17, 15) is 0 Å². The molecule has 55 heavy (non-hydrogen) atoms. The summed E-state index contributed by atoms with van der Waals surface area (Å²) >= 11 is 0. The van der Waals surface area contributed by atoms with Gasteiger partial charge in [0.25, 0.3) is 0 Å². The molecule has 256 valence electrons. The lowest BCUT2D eigenvalue weighted by atomic mass is 9.61. The van der Waals surface area contributed by atoms with E-state index in [0.717, 1.165) is 72.3 Å². The number of nitrogens with zero attached hydrogens (tertiary/aromatic N) is 3. The van der Waals surface area contributed by atoms with Gasteiger partial charge < -0.3 is 4.74 Å². The van der Waals surface area contributed by atoms with Crippen LogP contribution in [-0.2, 0) is 5.41 Å². The van der Waals surface area contributed by atoms with E-state index in [-0.39, 0.29) is 0 Å². The molecule has 0 N–H and O–H groups in total. The van der Waals surface area contributed by atoms with E-state index < -0.39 is 5.41 Å². The summed E-state index contributed by atoms with van der Waals surface area (Å²) in [4.78, 5) is 9.55. The summed E-state index contributed by atoms with van der Waals surface area (Å²) in [6.45, 7) is 0. The molecule has 1 aliphatic heterocycles. The van der Waals surface area contributed by atoms with Gasteiger partial charge in [0.05, 0.1) is 10.9 Å². The lowest BCUT2D eigenvalue weighted by Crippen LogP contribution is -2.34. The molecule has 10 aromatic rings. The second-order valence-electron chi connectivity index (χ2n) is 14.5. The van der Waals surface area contributed by atoms with E-state index in [4.69, 9.17) is 14.7 Å². The zero-order valence-corrected chi connectivity index (χ0v) is 29.6. The number of ether oxygens (including phenoxy) is 1. The van der Waals surface area contributed by atoms with Crippen LogP contribution in [0, 0.1) is 0 Å². The minimum atomic E-state index is -0.696. The van der Waals surface area contributed by atoms with E-state index >= 15 is 0 Å². The van der Waals surface area contributed by atoms with Gasteiger partial charge in [-0.2, -0.15) is 0 Å². The molecule has 2 aliphatic rings. The third-order valence-electron chi connectivity index (χ3n) is 11.8. The van der Waals surface area contributed by atoms with Crippen LogP contribution in [0.15, 0.2) is 188 Å². The van der Waals surface area contributed by atoms with Crippen molar-refractivity contribution in [2.75, 3.05) is 0 Å². The number of benzene rings is 7. The summed E-state index contributed by atoms with van der Waals surface area (Å²) in [5, 5.41) is 4.50. The smallest absolute Gasteiger partial charge is 0.146 e. The SMILES string of the molecule is c1ccc(-n2c3ccc(-c4ccc5c(c4)C4(c6ccccc6Oc6c4ccc4ccccc64)c4ccccc4-c4ccccc4-5)cc3c3cccnc32)nc1. The maximum atomic E-state index is 7.00. The fourth-order valence-corrected chi connectivity index (χ4v) is 9.50. The molecule has 12 rings (SSSR count). The van der Waals surface area contributed by atoms with Gasteiger partial charge in [-0.3, -0.25) is 4.57 Å². The average Bonchev–Trinajstić information content (AvgIpc) is 3.54. The highest BCUT2D eigenvalue weighted by Gasteiger charge is 2.49. The molecular weight excluding hydrogens is 671 g/mol. The molecule has 1 unspecified atom stereocenters. The first-order chi connectivity index (χ1) is 27.3. The van der Waals surface area contributed by atoms with Gasteiger partial charge in [0, 0.05) is 39.7 Å². The van der Waals surface area contributed by atoms with E-state index in [2.05, 4.69) is 156 Å². The topological polar surface area (TPSA) is 39.9 Å². The van der Waals surface area contributed by atoms with Crippen molar-refractivity contribution in [3.63, 3.8) is 0 Å². The third-order valence-corrected chi connectivity index (χ3v) is 11.8. The summed E-state index contributed by atoms with van der Waals surface area (Å²) in [6, 6.07) is 63.7. The van der Waals surface area contributed by atoms with Gasteiger partial charge in [0.1, 0.15) is 23.0 Å². The summed E-state index contributed by atoms with van der Waals surface area (Å²) in [5.74, 6) is 2.63. The van der Waals surface area contributed by atoms with Crippen molar-refractivity contribution in [3.8, 4) is 50.7 Å². The van der Waals surface area contributed by atoms with Crippen molar-refractivity contribution in [2.45, 2.75) is 5.41 Å². The normalized spacial score (nSPS) is 15.1. The molecule has 1 aliphatic carbocycles. The lowest BCUT2D eigenvalue weighted by Gasteiger charge is -2.43. The predicted molar refractivity (Wildman–Crippen MR) is 222 cm³/mol. The van der Waals surface area contributed by atoms with Gasteiger partial charge >= 0.3 is 0 Å². The van der Waals surface area contributed by atoms with Crippen molar-refractivity contribution >= 4 is 32.7 Å². The maximum absolute atomic E-state index is 7.00.